The number of methoxy groups -OCH3 is 1. The van der Waals surface area contributed by atoms with Crippen molar-refractivity contribution in [3.63, 3.8) is 0 Å². The number of benzene rings is 1. The van der Waals surface area contributed by atoms with Crippen molar-refractivity contribution in [2.45, 2.75) is 19.4 Å². The molecular formula is C13H14BrN3O3. The van der Waals surface area contributed by atoms with Gasteiger partial charge >= 0.3 is 5.97 Å². The van der Waals surface area contributed by atoms with E-state index in [0.29, 0.717) is 10.2 Å². The average molecular weight is 340 g/mol. The molecule has 0 N–H and O–H groups in total. The predicted molar refractivity (Wildman–Crippen MR) is 75.5 cm³/mol. The van der Waals surface area contributed by atoms with E-state index < -0.39 is 5.97 Å². The van der Waals surface area contributed by atoms with E-state index >= 15 is 0 Å². The molecule has 106 valence electrons. The van der Waals surface area contributed by atoms with Crippen LogP contribution in [0.5, 0.6) is 5.75 Å². The first-order valence-electron chi connectivity index (χ1n) is 6.40. The van der Waals surface area contributed by atoms with Crippen molar-refractivity contribution in [2.75, 3.05) is 13.7 Å². The number of nitrogens with zero attached hydrogens (tertiary/aromatic N) is 3. The summed E-state index contributed by atoms with van der Waals surface area (Å²) in [5.41, 5.74) is 1.71. The Labute approximate surface area is 124 Å². The van der Waals surface area contributed by atoms with Crippen LogP contribution in [-0.4, -0.2) is 34.7 Å². The fourth-order valence-corrected chi connectivity index (χ4v) is 2.50. The highest BCUT2D eigenvalue weighted by Crippen LogP contribution is 2.34. The lowest BCUT2D eigenvalue weighted by molar-refractivity contribution is -0.142. The highest BCUT2D eigenvalue weighted by molar-refractivity contribution is 9.10. The maximum absolute atomic E-state index is 11.1. The minimum absolute atomic E-state index is 0.128. The lowest BCUT2D eigenvalue weighted by Gasteiger charge is -2.07. The molecule has 0 amide bonds. The third-order valence-corrected chi connectivity index (χ3v) is 4.06. The Morgan fingerprint density at radius 1 is 1.50 bits per heavy atom. The molecule has 3 rings (SSSR count). The van der Waals surface area contributed by atoms with E-state index in [1.165, 1.54) is 20.0 Å². The third-order valence-electron chi connectivity index (χ3n) is 3.29. The number of carbonyl (C=O) groups excluding carboxylic acids is 1. The highest BCUT2D eigenvalue weighted by atomic mass is 79.9. The fraction of sp³-hybridized carbons (Fsp3) is 0.462. The summed E-state index contributed by atoms with van der Waals surface area (Å²) in [7, 11) is 1.33. The molecule has 1 aliphatic rings. The Balaban J connectivity index is 1.84. The predicted octanol–water partition coefficient (Wildman–Crippen LogP) is 2.16. The van der Waals surface area contributed by atoms with Gasteiger partial charge in [0.15, 0.2) is 6.61 Å². The van der Waals surface area contributed by atoms with Crippen LogP contribution in [0.15, 0.2) is 16.6 Å². The van der Waals surface area contributed by atoms with E-state index in [-0.39, 0.29) is 6.61 Å². The monoisotopic (exact) mass is 339 g/mol. The molecule has 20 heavy (non-hydrogen) atoms. The summed E-state index contributed by atoms with van der Waals surface area (Å²) in [5.74, 6) is 0.865. The zero-order valence-corrected chi connectivity index (χ0v) is 12.6. The molecule has 1 fully saturated rings. The molecule has 1 aromatic carbocycles. The second kappa shape index (κ2) is 5.40. The van der Waals surface area contributed by atoms with Gasteiger partial charge in [0, 0.05) is 6.54 Å². The highest BCUT2D eigenvalue weighted by Gasteiger charge is 2.23. The average Bonchev–Trinajstić information content (AvgIpc) is 3.17. The van der Waals surface area contributed by atoms with Gasteiger partial charge in [0.25, 0.3) is 0 Å². The van der Waals surface area contributed by atoms with Gasteiger partial charge in [-0.15, -0.1) is 5.10 Å². The van der Waals surface area contributed by atoms with Crippen molar-refractivity contribution in [1.82, 2.24) is 15.0 Å². The summed E-state index contributed by atoms with van der Waals surface area (Å²) in [6.07, 6.45) is 2.53. The van der Waals surface area contributed by atoms with E-state index in [0.717, 1.165) is 23.5 Å². The van der Waals surface area contributed by atoms with Crippen LogP contribution < -0.4 is 4.74 Å². The third kappa shape index (κ3) is 2.63. The normalized spacial score (nSPS) is 14.5. The number of rotatable bonds is 5. The van der Waals surface area contributed by atoms with Gasteiger partial charge in [0.1, 0.15) is 11.3 Å². The molecular weight excluding hydrogens is 326 g/mol. The lowest BCUT2D eigenvalue weighted by Crippen LogP contribution is -2.12. The quantitative estimate of drug-likeness (QED) is 0.781. The first kappa shape index (κ1) is 13.4. The molecule has 0 spiro atoms. The summed E-state index contributed by atoms with van der Waals surface area (Å²) in [6, 6.07) is 3.72. The van der Waals surface area contributed by atoms with Crippen LogP contribution in [0.4, 0.5) is 0 Å². The van der Waals surface area contributed by atoms with Crippen LogP contribution in [0, 0.1) is 5.92 Å². The van der Waals surface area contributed by atoms with Crippen molar-refractivity contribution in [3.8, 4) is 5.75 Å². The van der Waals surface area contributed by atoms with Gasteiger partial charge in [-0.1, -0.05) is 5.21 Å². The number of esters is 1. The van der Waals surface area contributed by atoms with E-state index in [4.69, 9.17) is 4.74 Å². The summed E-state index contributed by atoms with van der Waals surface area (Å²) in [6.45, 7) is 0.780. The van der Waals surface area contributed by atoms with Crippen LogP contribution in [0.3, 0.4) is 0 Å². The first-order chi connectivity index (χ1) is 9.69. The van der Waals surface area contributed by atoms with Crippen LogP contribution >= 0.6 is 15.9 Å². The number of hydrogen-bond acceptors (Lipinski definition) is 5. The van der Waals surface area contributed by atoms with Crippen molar-refractivity contribution >= 4 is 32.9 Å². The molecule has 0 unspecified atom stereocenters. The van der Waals surface area contributed by atoms with Crippen LogP contribution in [0.2, 0.25) is 0 Å². The molecule has 6 nitrogen and oxygen atoms in total. The van der Waals surface area contributed by atoms with Gasteiger partial charge < -0.3 is 9.47 Å². The first-order valence-corrected chi connectivity index (χ1v) is 7.19. The Bertz CT molecular complexity index is 652. The Hall–Kier alpha value is -1.63. The minimum Gasteiger partial charge on any atom is -0.481 e. The van der Waals surface area contributed by atoms with Gasteiger partial charge in [-0.2, -0.15) is 0 Å². The zero-order valence-electron chi connectivity index (χ0n) is 11.0. The number of halogens is 1. The SMILES string of the molecule is COC(=O)COc1ccc2c(nnn2CC2CC2)c1Br. The van der Waals surface area contributed by atoms with E-state index in [9.17, 15) is 4.79 Å². The molecule has 2 aromatic rings. The number of carbonyl (C=O) groups is 1. The molecule has 0 radical (unpaired) electrons. The molecule has 0 aliphatic heterocycles. The van der Waals surface area contributed by atoms with E-state index in [2.05, 4.69) is 31.0 Å². The molecule has 7 heteroatoms. The van der Waals surface area contributed by atoms with Gasteiger partial charge in [0.05, 0.1) is 17.1 Å². The van der Waals surface area contributed by atoms with Gasteiger partial charge in [0.2, 0.25) is 0 Å². The topological polar surface area (TPSA) is 66.2 Å². The number of hydrogen-bond donors (Lipinski definition) is 0. The summed E-state index contributed by atoms with van der Waals surface area (Å²) in [5, 5.41) is 8.36. The maximum atomic E-state index is 11.1. The number of fused-ring (bicyclic) bond motifs is 1. The second-order valence-corrected chi connectivity index (χ2v) is 5.62. The number of ether oxygens (including phenoxy) is 2. The Morgan fingerprint density at radius 2 is 2.30 bits per heavy atom. The minimum atomic E-state index is -0.422. The standard InChI is InChI=1S/C13H14BrN3O3/c1-19-11(18)7-20-10-5-4-9-13(12(10)14)15-16-17(9)6-8-2-3-8/h4-5,8H,2-3,6-7H2,1H3. The molecule has 1 aliphatic carbocycles. The fourth-order valence-electron chi connectivity index (χ4n) is 1.97. The summed E-state index contributed by atoms with van der Waals surface area (Å²) < 4.78 is 12.6. The Morgan fingerprint density at radius 3 is 3.00 bits per heavy atom. The van der Waals surface area contributed by atoms with Crippen molar-refractivity contribution in [2.24, 2.45) is 5.92 Å². The second-order valence-electron chi connectivity index (χ2n) is 4.83. The smallest absolute Gasteiger partial charge is 0.343 e. The van der Waals surface area contributed by atoms with Crippen molar-refractivity contribution in [1.29, 1.82) is 0 Å². The molecule has 1 aromatic heterocycles. The van der Waals surface area contributed by atoms with Crippen molar-refractivity contribution in [3.05, 3.63) is 16.6 Å². The summed E-state index contributed by atoms with van der Waals surface area (Å²) in [4.78, 5) is 11.1. The molecule has 0 atom stereocenters. The van der Waals surface area contributed by atoms with E-state index in [1.54, 1.807) is 0 Å². The molecule has 0 saturated heterocycles. The summed E-state index contributed by atoms with van der Waals surface area (Å²) >= 11 is 3.46. The van der Waals surface area contributed by atoms with Gasteiger partial charge in [-0.05, 0) is 46.8 Å². The lowest BCUT2D eigenvalue weighted by atomic mass is 10.3. The largest absolute Gasteiger partial charge is 0.481 e. The zero-order chi connectivity index (χ0) is 14.1. The molecule has 1 heterocycles. The Kier molecular flexibility index (Phi) is 3.60. The van der Waals surface area contributed by atoms with Crippen LogP contribution in [0.1, 0.15) is 12.8 Å². The van der Waals surface area contributed by atoms with Gasteiger partial charge in [-0.3, -0.25) is 0 Å². The maximum Gasteiger partial charge on any atom is 0.343 e. The van der Waals surface area contributed by atoms with Crippen LogP contribution in [0.25, 0.3) is 11.0 Å². The molecule has 1 saturated carbocycles. The number of aromatic nitrogens is 3. The van der Waals surface area contributed by atoms with Crippen LogP contribution in [-0.2, 0) is 16.1 Å². The van der Waals surface area contributed by atoms with Crippen molar-refractivity contribution < 1.29 is 14.3 Å². The molecule has 0 bridgehead atoms. The van der Waals surface area contributed by atoms with E-state index in [1.807, 2.05) is 16.8 Å². The van der Waals surface area contributed by atoms with Gasteiger partial charge in [-0.25, -0.2) is 9.48 Å².